The zero-order valence-electron chi connectivity index (χ0n) is 28.9. The van der Waals surface area contributed by atoms with Crippen LogP contribution in [-0.2, 0) is 29.2 Å². The number of nitrogens with zero attached hydrogens (tertiary/aromatic N) is 2. The summed E-state index contributed by atoms with van der Waals surface area (Å²) >= 11 is 12.6. The second-order valence-electron chi connectivity index (χ2n) is 12.9. The van der Waals surface area contributed by atoms with Crippen molar-refractivity contribution in [2.45, 2.75) is 45.1 Å². The predicted octanol–water partition coefficient (Wildman–Crippen LogP) is 9.95. The summed E-state index contributed by atoms with van der Waals surface area (Å²) in [5.74, 6) is 1.37. The maximum atomic E-state index is 12.8. The molecule has 3 N–H and O–H groups in total. The fraction of sp³-hybridized carbons (Fsp3) is 0.190. The Morgan fingerprint density at radius 1 is 0.811 bits per heavy atom. The van der Waals surface area contributed by atoms with Crippen LogP contribution in [0.3, 0.4) is 0 Å². The lowest BCUT2D eigenvalue weighted by Crippen LogP contribution is -2.39. The van der Waals surface area contributed by atoms with E-state index in [1.165, 1.54) is 0 Å². The summed E-state index contributed by atoms with van der Waals surface area (Å²) < 4.78 is 20.9. The predicted molar refractivity (Wildman–Crippen MR) is 206 cm³/mol. The fourth-order valence-electron chi connectivity index (χ4n) is 6.31. The number of urea groups is 1. The molecule has 11 heteroatoms. The third kappa shape index (κ3) is 8.90. The molecule has 7 rings (SSSR count). The molecule has 6 aromatic rings. The number of aliphatic hydroxyl groups excluding tert-OH is 1. The number of halogens is 2. The number of hydrogen-bond acceptors (Lipinski definition) is 6. The first kappa shape index (κ1) is 36.2. The molecule has 1 fully saturated rings. The first-order chi connectivity index (χ1) is 25.8. The number of benzene rings is 5. The van der Waals surface area contributed by atoms with Gasteiger partial charge in [-0.05, 0) is 76.3 Å². The van der Waals surface area contributed by atoms with E-state index in [1.807, 2.05) is 103 Å². The van der Waals surface area contributed by atoms with E-state index in [1.54, 1.807) is 23.0 Å². The Labute approximate surface area is 318 Å². The second-order valence-corrected chi connectivity index (χ2v) is 13.6. The first-order valence-corrected chi connectivity index (χ1v) is 18.0. The van der Waals surface area contributed by atoms with Crippen molar-refractivity contribution in [3.05, 3.63) is 166 Å². The van der Waals surface area contributed by atoms with Crippen molar-refractivity contribution in [1.29, 1.82) is 0 Å². The SMILES string of the molecule is C[C@@H]1[C@H](Cn2cnc(Cl)c2Cl)O[C@H](c2cccc(-c3cccc(CNC(=O)Nc4ccc(Oc5ccccc5)cc4)c3)c2)O[C@@H]1c1ccc(CO)cc1. The number of imidazole rings is 1. The molecule has 1 aliphatic heterocycles. The Balaban J connectivity index is 1.03. The van der Waals surface area contributed by atoms with Crippen LogP contribution in [0.2, 0.25) is 10.3 Å². The van der Waals surface area contributed by atoms with E-state index < -0.39 is 6.29 Å². The summed E-state index contributed by atoms with van der Waals surface area (Å²) in [7, 11) is 0. The van der Waals surface area contributed by atoms with Gasteiger partial charge in [0, 0.05) is 23.7 Å². The maximum Gasteiger partial charge on any atom is 0.319 e. The van der Waals surface area contributed by atoms with Crippen LogP contribution in [-0.4, -0.2) is 26.8 Å². The molecule has 0 spiro atoms. The van der Waals surface area contributed by atoms with Crippen molar-refractivity contribution < 1.29 is 24.1 Å². The van der Waals surface area contributed by atoms with Crippen LogP contribution in [0, 0.1) is 5.92 Å². The van der Waals surface area contributed by atoms with E-state index in [9.17, 15) is 9.90 Å². The molecular weight excluding hydrogens is 711 g/mol. The molecule has 2 amide bonds. The van der Waals surface area contributed by atoms with Gasteiger partial charge in [0.05, 0.1) is 31.7 Å². The number of anilines is 1. The van der Waals surface area contributed by atoms with Gasteiger partial charge in [-0.1, -0.05) is 109 Å². The highest BCUT2D eigenvalue weighted by molar-refractivity contribution is 6.40. The molecule has 270 valence electrons. The average molecular weight is 750 g/mol. The first-order valence-electron chi connectivity index (χ1n) is 17.3. The van der Waals surface area contributed by atoms with Crippen LogP contribution < -0.4 is 15.4 Å². The minimum absolute atomic E-state index is 0.0344. The van der Waals surface area contributed by atoms with Crippen molar-refractivity contribution in [2.24, 2.45) is 5.92 Å². The number of amides is 2. The van der Waals surface area contributed by atoms with Gasteiger partial charge < -0.3 is 34.5 Å². The summed E-state index contributed by atoms with van der Waals surface area (Å²) in [5, 5.41) is 16.0. The molecule has 0 bridgehead atoms. The van der Waals surface area contributed by atoms with Crippen LogP contribution in [0.1, 0.15) is 41.6 Å². The van der Waals surface area contributed by atoms with Gasteiger partial charge >= 0.3 is 6.03 Å². The topological polar surface area (TPSA) is 107 Å². The Morgan fingerprint density at radius 3 is 2.25 bits per heavy atom. The van der Waals surface area contributed by atoms with Gasteiger partial charge in [0.25, 0.3) is 0 Å². The van der Waals surface area contributed by atoms with Crippen LogP contribution in [0.15, 0.2) is 134 Å². The average Bonchev–Trinajstić information content (AvgIpc) is 3.51. The molecular formula is C42H38Cl2N4O5. The Hall–Kier alpha value is -5.16. The molecule has 0 aliphatic carbocycles. The standard InChI is InChI=1S/C42H38Cl2N4O5/c1-27-37(24-48-26-46-39(43)40(48)44)52-41(53-38(27)30-15-13-28(25-49)14-16-30)33-10-6-9-32(22-33)31-8-5-7-29(21-31)23-45-42(50)47-34-17-19-36(20-18-34)51-35-11-3-2-4-12-35/h2-22,26-27,37-38,41,49H,23-25H2,1H3,(H2,45,47,50)/t27-,37+,38+,41+/m1/s1. The van der Waals surface area contributed by atoms with Gasteiger partial charge in [-0.3, -0.25) is 0 Å². The maximum absolute atomic E-state index is 12.8. The molecule has 1 saturated heterocycles. The smallest absolute Gasteiger partial charge is 0.319 e. The number of carbonyl (C=O) groups is 1. The highest BCUT2D eigenvalue weighted by atomic mass is 35.5. The summed E-state index contributed by atoms with van der Waals surface area (Å²) in [6, 6.07) is 40.3. The number of carbonyl (C=O) groups excluding carboxylic acids is 1. The zero-order valence-corrected chi connectivity index (χ0v) is 30.4. The number of rotatable bonds is 11. The van der Waals surface area contributed by atoms with E-state index in [-0.39, 0.29) is 35.9 Å². The van der Waals surface area contributed by atoms with Crippen molar-refractivity contribution in [2.75, 3.05) is 5.32 Å². The van der Waals surface area contributed by atoms with Crippen LogP contribution in [0.5, 0.6) is 11.5 Å². The summed E-state index contributed by atoms with van der Waals surface area (Å²) in [6.45, 7) is 2.82. The molecule has 0 unspecified atom stereocenters. The van der Waals surface area contributed by atoms with E-state index >= 15 is 0 Å². The lowest BCUT2D eigenvalue weighted by molar-refractivity contribution is -0.276. The van der Waals surface area contributed by atoms with Crippen molar-refractivity contribution >= 4 is 34.9 Å². The normalized spacial score (nSPS) is 18.3. The van der Waals surface area contributed by atoms with Crippen LogP contribution in [0.4, 0.5) is 10.5 Å². The third-order valence-corrected chi connectivity index (χ3v) is 9.97. The van der Waals surface area contributed by atoms with E-state index in [0.717, 1.165) is 39.1 Å². The number of ether oxygens (including phenoxy) is 3. The Bertz CT molecular complexity index is 2140. The molecule has 0 radical (unpaired) electrons. The van der Waals surface area contributed by atoms with Crippen LogP contribution in [0.25, 0.3) is 11.1 Å². The van der Waals surface area contributed by atoms with Gasteiger partial charge in [0.2, 0.25) is 0 Å². The summed E-state index contributed by atoms with van der Waals surface area (Å²) in [4.78, 5) is 16.9. The second kappa shape index (κ2) is 16.7. The Kier molecular flexibility index (Phi) is 11.4. The minimum Gasteiger partial charge on any atom is -0.457 e. The van der Waals surface area contributed by atoms with E-state index in [2.05, 4.69) is 34.7 Å². The minimum atomic E-state index is -0.677. The van der Waals surface area contributed by atoms with Crippen molar-refractivity contribution in [3.63, 3.8) is 0 Å². The van der Waals surface area contributed by atoms with Gasteiger partial charge in [0.15, 0.2) is 11.4 Å². The van der Waals surface area contributed by atoms with Crippen LogP contribution >= 0.6 is 23.2 Å². The third-order valence-electron chi connectivity index (χ3n) is 9.20. The molecule has 1 aromatic heterocycles. The highest BCUT2D eigenvalue weighted by Gasteiger charge is 2.39. The molecule has 2 heterocycles. The van der Waals surface area contributed by atoms with Gasteiger partial charge in [0.1, 0.15) is 16.7 Å². The summed E-state index contributed by atoms with van der Waals surface area (Å²) in [5.41, 5.74) is 6.22. The molecule has 0 saturated carbocycles. The quantitative estimate of drug-likeness (QED) is 0.122. The molecule has 53 heavy (non-hydrogen) atoms. The largest absolute Gasteiger partial charge is 0.457 e. The van der Waals surface area contributed by atoms with Gasteiger partial charge in [-0.15, -0.1) is 0 Å². The molecule has 5 aromatic carbocycles. The fourth-order valence-corrected chi connectivity index (χ4v) is 6.62. The van der Waals surface area contributed by atoms with Crippen molar-refractivity contribution in [3.8, 4) is 22.6 Å². The number of nitrogens with one attached hydrogen (secondary N) is 2. The van der Waals surface area contributed by atoms with E-state index in [0.29, 0.717) is 29.7 Å². The molecule has 9 nitrogen and oxygen atoms in total. The molecule has 4 atom stereocenters. The Morgan fingerprint density at radius 2 is 1.53 bits per heavy atom. The lowest BCUT2D eigenvalue weighted by atomic mass is 9.90. The van der Waals surface area contributed by atoms with E-state index in [4.69, 9.17) is 37.4 Å². The zero-order chi connectivity index (χ0) is 36.7. The summed E-state index contributed by atoms with van der Waals surface area (Å²) in [6.07, 6.45) is 0.351. The lowest BCUT2D eigenvalue weighted by Gasteiger charge is -2.41. The number of hydrogen-bond donors (Lipinski definition) is 3. The number of para-hydroxylation sites is 1. The number of aliphatic hydroxyl groups is 1. The monoisotopic (exact) mass is 748 g/mol. The van der Waals surface area contributed by atoms with Gasteiger partial charge in [-0.2, -0.15) is 0 Å². The molecule has 1 aliphatic rings. The highest BCUT2D eigenvalue weighted by Crippen LogP contribution is 2.43. The number of aromatic nitrogens is 2. The van der Waals surface area contributed by atoms with Crippen molar-refractivity contribution in [1.82, 2.24) is 14.9 Å². The van der Waals surface area contributed by atoms with Gasteiger partial charge in [-0.25, -0.2) is 9.78 Å².